The maximum atomic E-state index is 12.5. The molecule has 0 saturated heterocycles. The van der Waals surface area contributed by atoms with Gasteiger partial charge in [-0.2, -0.15) is 0 Å². The molecule has 0 fully saturated rings. The molecule has 3 aromatic carbocycles. The van der Waals surface area contributed by atoms with Gasteiger partial charge in [0.05, 0.1) is 17.7 Å². The van der Waals surface area contributed by atoms with Crippen LogP contribution in [-0.4, -0.2) is 17.9 Å². The predicted molar refractivity (Wildman–Crippen MR) is 118 cm³/mol. The van der Waals surface area contributed by atoms with Gasteiger partial charge in [-0.3, -0.25) is 9.59 Å². The number of para-hydroxylation sites is 1. The Bertz CT molecular complexity index is 966. The van der Waals surface area contributed by atoms with Gasteiger partial charge in [0.15, 0.2) is 0 Å². The van der Waals surface area contributed by atoms with Crippen molar-refractivity contribution in [3.63, 3.8) is 0 Å². The number of hydrogen-bond acceptors (Lipinski definition) is 2. The van der Waals surface area contributed by atoms with E-state index in [4.69, 9.17) is 0 Å². The summed E-state index contributed by atoms with van der Waals surface area (Å²) in [6.45, 7) is 3.97. The Hall–Kier alpha value is -3.40. The van der Waals surface area contributed by atoms with Crippen molar-refractivity contribution in [2.45, 2.75) is 32.7 Å². The standard InChI is InChI=1S/C25H26N2O2/c1-3-18(2)26-25(29)22-11-7-8-12-23(22)27-24(28)17-19-13-15-21(16-14-19)20-9-5-4-6-10-20/h4-16,18H,3,17H2,1-2H3,(H,26,29)(H,27,28). The summed E-state index contributed by atoms with van der Waals surface area (Å²) in [6.07, 6.45) is 1.09. The highest BCUT2D eigenvalue weighted by Gasteiger charge is 2.14. The van der Waals surface area contributed by atoms with Crippen LogP contribution in [0.1, 0.15) is 36.2 Å². The fraction of sp³-hybridized carbons (Fsp3) is 0.200. The van der Waals surface area contributed by atoms with Crippen molar-refractivity contribution in [1.82, 2.24) is 5.32 Å². The van der Waals surface area contributed by atoms with E-state index in [0.29, 0.717) is 11.3 Å². The number of anilines is 1. The van der Waals surface area contributed by atoms with Gasteiger partial charge in [0.2, 0.25) is 5.91 Å². The SMILES string of the molecule is CCC(C)NC(=O)c1ccccc1NC(=O)Cc1ccc(-c2ccccc2)cc1. The quantitative estimate of drug-likeness (QED) is 0.596. The van der Waals surface area contributed by atoms with E-state index in [2.05, 4.69) is 22.8 Å². The topological polar surface area (TPSA) is 58.2 Å². The molecule has 0 saturated carbocycles. The predicted octanol–water partition coefficient (Wildman–Crippen LogP) is 5.06. The molecule has 0 bridgehead atoms. The fourth-order valence-corrected chi connectivity index (χ4v) is 3.02. The van der Waals surface area contributed by atoms with E-state index in [1.165, 1.54) is 0 Å². The lowest BCUT2D eigenvalue weighted by atomic mass is 10.0. The molecule has 4 heteroatoms. The minimum absolute atomic E-state index is 0.0781. The van der Waals surface area contributed by atoms with Gasteiger partial charge in [-0.1, -0.05) is 73.7 Å². The molecule has 148 valence electrons. The maximum Gasteiger partial charge on any atom is 0.253 e. The Kier molecular flexibility index (Phi) is 6.80. The summed E-state index contributed by atoms with van der Waals surface area (Å²) >= 11 is 0. The van der Waals surface area contributed by atoms with Gasteiger partial charge in [0.1, 0.15) is 0 Å². The Balaban J connectivity index is 1.66. The average molecular weight is 386 g/mol. The van der Waals surface area contributed by atoms with Crippen LogP contribution in [-0.2, 0) is 11.2 Å². The number of rotatable bonds is 7. The maximum absolute atomic E-state index is 12.5. The van der Waals surface area contributed by atoms with Gasteiger partial charge in [-0.15, -0.1) is 0 Å². The van der Waals surface area contributed by atoms with E-state index in [0.717, 1.165) is 23.1 Å². The summed E-state index contributed by atoms with van der Waals surface area (Å²) in [6, 6.07) is 25.2. The van der Waals surface area contributed by atoms with Crippen LogP contribution < -0.4 is 10.6 Å². The summed E-state index contributed by atoms with van der Waals surface area (Å²) in [4.78, 5) is 25.0. The van der Waals surface area contributed by atoms with E-state index >= 15 is 0 Å². The number of benzene rings is 3. The Labute approximate surface area is 172 Å². The summed E-state index contributed by atoms with van der Waals surface area (Å²) in [5.41, 5.74) is 4.18. The second-order valence-electron chi connectivity index (χ2n) is 7.12. The van der Waals surface area contributed by atoms with E-state index in [1.54, 1.807) is 18.2 Å². The zero-order valence-corrected chi connectivity index (χ0v) is 16.8. The van der Waals surface area contributed by atoms with E-state index < -0.39 is 0 Å². The second-order valence-corrected chi connectivity index (χ2v) is 7.12. The lowest BCUT2D eigenvalue weighted by molar-refractivity contribution is -0.115. The smallest absolute Gasteiger partial charge is 0.253 e. The third-order valence-electron chi connectivity index (χ3n) is 4.86. The number of nitrogens with one attached hydrogen (secondary N) is 2. The van der Waals surface area contributed by atoms with Gasteiger partial charge in [-0.05, 0) is 42.2 Å². The summed E-state index contributed by atoms with van der Waals surface area (Å²) in [5, 5.41) is 5.82. The third-order valence-corrected chi connectivity index (χ3v) is 4.86. The summed E-state index contributed by atoms with van der Waals surface area (Å²) in [7, 11) is 0. The van der Waals surface area contributed by atoms with Crippen molar-refractivity contribution in [3.05, 3.63) is 90.0 Å². The largest absolute Gasteiger partial charge is 0.350 e. The molecule has 3 rings (SSSR count). The minimum Gasteiger partial charge on any atom is -0.350 e. The molecule has 2 N–H and O–H groups in total. The van der Waals surface area contributed by atoms with Crippen LogP contribution in [0.4, 0.5) is 5.69 Å². The molecule has 29 heavy (non-hydrogen) atoms. The second kappa shape index (κ2) is 9.69. The fourth-order valence-electron chi connectivity index (χ4n) is 3.02. The van der Waals surface area contributed by atoms with Gasteiger partial charge < -0.3 is 10.6 Å². The van der Waals surface area contributed by atoms with Crippen molar-refractivity contribution < 1.29 is 9.59 Å². The zero-order chi connectivity index (χ0) is 20.6. The Morgan fingerprint density at radius 1 is 0.828 bits per heavy atom. The first kappa shape index (κ1) is 20.3. The molecule has 1 atom stereocenters. The van der Waals surface area contributed by atoms with Crippen molar-refractivity contribution in [2.24, 2.45) is 0 Å². The molecule has 0 aliphatic rings. The highest BCUT2D eigenvalue weighted by atomic mass is 16.2. The molecule has 0 radical (unpaired) electrons. The van der Waals surface area contributed by atoms with Gasteiger partial charge in [0, 0.05) is 6.04 Å². The van der Waals surface area contributed by atoms with Crippen LogP contribution in [0.25, 0.3) is 11.1 Å². The van der Waals surface area contributed by atoms with Gasteiger partial charge in [0.25, 0.3) is 5.91 Å². The highest BCUT2D eigenvalue weighted by molar-refractivity contribution is 6.04. The Morgan fingerprint density at radius 2 is 1.45 bits per heavy atom. The van der Waals surface area contributed by atoms with E-state index in [-0.39, 0.29) is 24.3 Å². The van der Waals surface area contributed by atoms with Crippen LogP contribution in [0, 0.1) is 0 Å². The molecule has 0 aliphatic heterocycles. The molecular weight excluding hydrogens is 360 g/mol. The van der Waals surface area contributed by atoms with Gasteiger partial charge in [-0.25, -0.2) is 0 Å². The van der Waals surface area contributed by atoms with Gasteiger partial charge >= 0.3 is 0 Å². The molecule has 2 amide bonds. The molecule has 4 nitrogen and oxygen atoms in total. The van der Waals surface area contributed by atoms with Crippen LogP contribution in [0.2, 0.25) is 0 Å². The van der Waals surface area contributed by atoms with Crippen molar-refractivity contribution in [3.8, 4) is 11.1 Å². The molecule has 0 aromatic heterocycles. The molecule has 1 unspecified atom stereocenters. The average Bonchev–Trinajstić information content (AvgIpc) is 2.75. The molecule has 0 aliphatic carbocycles. The summed E-state index contributed by atoms with van der Waals surface area (Å²) < 4.78 is 0. The summed E-state index contributed by atoms with van der Waals surface area (Å²) in [5.74, 6) is -0.330. The number of carbonyl (C=O) groups excluding carboxylic acids is 2. The highest BCUT2D eigenvalue weighted by Crippen LogP contribution is 2.20. The molecule has 0 spiro atoms. The van der Waals surface area contributed by atoms with Crippen molar-refractivity contribution in [1.29, 1.82) is 0 Å². The number of hydrogen-bond donors (Lipinski definition) is 2. The van der Waals surface area contributed by atoms with Crippen LogP contribution >= 0.6 is 0 Å². The number of carbonyl (C=O) groups is 2. The van der Waals surface area contributed by atoms with Crippen LogP contribution in [0.3, 0.4) is 0 Å². The minimum atomic E-state index is -0.178. The first-order chi connectivity index (χ1) is 14.1. The molecule has 0 heterocycles. The monoisotopic (exact) mass is 386 g/mol. The first-order valence-electron chi connectivity index (χ1n) is 9.91. The van der Waals surface area contributed by atoms with Crippen LogP contribution in [0.5, 0.6) is 0 Å². The van der Waals surface area contributed by atoms with E-state index in [9.17, 15) is 9.59 Å². The lowest BCUT2D eigenvalue weighted by Gasteiger charge is -2.14. The lowest BCUT2D eigenvalue weighted by Crippen LogP contribution is -2.32. The normalized spacial score (nSPS) is 11.5. The Morgan fingerprint density at radius 3 is 2.14 bits per heavy atom. The first-order valence-corrected chi connectivity index (χ1v) is 9.91. The van der Waals surface area contributed by atoms with E-state index in [1.807, 2.05) is 62.4 Å². The molecule has 3 aromatic rings. The van der Waals surface area contributed by atoms with Crippen LogP contribution in [0.15, 0.2) is 78.9 Å². The van der Waals surface area contributed by atoms with Crippen molar-refractivity contribution >= 4 is 17.5 Å². The zero-order valence-electron chi connectivity index (χ0n) is 16.8. The number of amides is 2. The third kappa shape index (κ3) is 5.55. The molecular formula is C25H26N2O2. The van der Waals surface area contributed by atoms with Crippen molar-refractivity contribution in [2.75, 3.05) is 5.32 Å².